The number of H-pyrrole nitrogens is 2. The number of imidazole rings is 1. The molecule has 3 amide bonds. The van der Waals surface area contributed by atoms with Crippen LogP contribution in [0.15, 0.2) is 43.0 Å². The van der Waals surface area contributed by atoms with Gasteiger partial charge in [-0.2, -0.15) is 25.3 Å². The van der Waals surface area contributed by atoms with Crippen LogP contribution >= 0.6 is 25.3 Å². The van der Waals surface area contributed by atoms with Gasteiger partial charge in [0.1, 0.15) is 18.1 Å². The Balaban J connectivity index is 1.69. The predicted molar refractivity (Wildman–Crippen MR) is 143 cm³/mol. The van der Waals surface area contributed by atoms with Gasteiger partial charge in [-0.1, -0.05) is 18.2 Å². The van der Waals surface area contributed by atoms with Crippen LogP contribution in [-0.2, 0) is 32.0 Å². The molecular weight excluding hydrogens is 518 g/mol. The summed E-state index contributed by atoms with van der Waals surface area (Å²) in [5, 5.41) is 17.6. The van der Waals surface area contributed by atoms with Gasteiger partial charge >= 0.3 is 5.97 Å². The van der Waals surface area contributed by atoms with E-state index in [0.29, 0.717) is 5.69 Å². The topological polar surface area (TPSA) is 195 Å². The van der Waals surface area contributed by atoms with Gasteiger partial charge in [0, 0.05) is 46.9 Å². The maximum Gasteiger partial charge on any atom is 0.327 e. The Hall–Kier alpha value is -3.49. The Kier molecular flexibility index (Phi) is 10.00. The molecule has 8 N–H and O–H groups in total. The average Bonchev–Trinajstić information content (AvgIpc) is 3.55. The number of nitrogens with two attached hydrogens (primary N) is 1. The fourth-order valence-corrected chi connectivity index (χ4v) is 4.16. The molecule has 0 fully saturated rings. The lowest BCUT2D eigenvalue weighted by Gasteiger charge is -2.24. The number of para-hydroxylation sites is 1. The highest BCUT2D eigenvalue weighted by Gasteiger charge is 2.30. The van der Waals surface area contributed by atoms with Gasteiger partial charge in [-0.25, -0.2) is 9.78 Å². The highest BCUT2D eigenvalue weighted by molar-refractivity contribution is 7.80. The van der Waals surface area contributed by atoms with E-state index in [9.17, 15) is 19.2 Å². The van der Waals surface area contributed by atoms with Gasteiger partial charge in [0.15, 0.2) is 0 Å². The number of aromatic amines is 2. The lowest BCUT2D eigenvalue weighted by atomic mass is 10.0. The number of amides is 3. The quantitative estimate of drug-likeness (QED) is 0.127. The predicted octanol–water partition coefficient (Wildman–Crippen LogP) is -0.598. The fourth-order valence-electron chi connectivity index (χ4n) is 3.66. The van der Waals surface area contributed by atoms with Crippen LogP contribution in [0.1, 0.15) is 11.3 Å². The number of thiol groups is 2. The number of carbonyl (C=O) groups excluding carboxylic acids is 3. The monoisotopic (exact) mass is 547 g/mol. The number of aromatic nitrogens is 3. The van der Waals surface area contributed by atoms with Gasteiger partial charge < -0.3 is 36.8 Å². The van der Waals surface area contributed by atoms with Crippen molar-refractivity contribution in [2.75, 3.05) is 11.5 Å². The molecular formula is C23H29N7O5S2. The van der Waals surface area contributed by atoms with Gasteiger partial charge in [-0.05, 0) is 18.1 Å². The third-order valence-electron chi connectivity index (χ3n) is 5.68. The Bertz CT molecular complexity index is 1230. The number of nitrogens with one attached hydrogen (secondary N) is 5. The van der Waals surface area contributed by atoms with E-state index in [1.54, 1.807) is 6.20 Å². The van der Waals surface area contributed by atoms with Crippen molar-refractivity contribution in [2.24, 2.45) is 5.73 Å². The smallest absolute Gasteiger partial charge is 0.327 e. The molecule has 4 unspecified atom stereocenters. The lowest BCUT2D eigenvalue weighted by Crippen LogP contribution is -2.58. The third-order valence-corrected chi connectivity index (χ3v) is 6.41. The molecule has 3 rings (SSSR count). The Morgan fingerprint density at radius 3 is 2.22 bits per heavy atom. The zero-order chi connectivity index (χ0) is 26.9. The van der Waals surface area contributed by atoms with Crippen LogP contribution in [0.3, 0.4) is 0 Å². The summed E-state index contributed by atoms with van der Waals surface area (Å²) in [4.78, 5) is 59.8. The minimum Gasteiger partial charge on any atom is -0.480 e. The molecule has 37 heavy (non-hydrogen) atoms. The largest absolute Gasteiger partial charge is 0.480 e. The highest BCUT2D eigenvalue weighted by atomic mass is 32.1. The zero-order valence-corrected chi connectivity index (χ0v) is 21.5. The number of carboxylic acids is 1. The normalized spacial score (nSPS) is 14.4. The van der Waals surface area contributed by atoms with Crippen molar-refractivity contribution < 1.29 is 24.3 Å². The van der Waals surface area contributed by atoms with Crippen LogP contribution in [0, 0.1) is 0 Å². The van der Waals surface area contributed by atoms with Crippen molar-refractivity contribution in [3.8, 4) is 0 Å². The maximum absolute atomic E-state index is 13.1. The summed E-state index contributed by atoms with van der Waals surface area (Å²) in [5.74, 6) is -3.48. The van der Waals surface area contributed by atoms with Crippen molar-refractivity contribution in [3.05, 3.63) is 54.2 Å². The molecule has 198 valence electrons. The van der Waals surface area contributed by atoms with Crippen LogP contribution in [-0.4, -0.2) is 79.4 Å². The average molecular weight is 548 g/mol. The molecule has 12 nitrogen and oxygen atoms in total. The van der Waals surface area contributed by atoms with Crippen molar-refractivity contribution in [1.29, 1.82) is 0 Å². The second-order valence-corrected chi connectivity index (χ2v) is 9.07. The first-order chi connectivity index (χ1) is 17.7. The zero-order valence-electron chi connectivity index (χ0n) is 19.7. The molecule has 0 saturated heterocycles. The molecule has 14 heteroatoms. The first kappa shape index (κ1) is 28.1. The number of nitrogens with zero attached hydrogens (tertiary/aromatic N) is 1. The van der Waals surface area contributed by atoms with E-state index in [4.69, 9.17) is 10.8 Å². The molecule has 0 aliphatic carbocycles. The molecule has 0 radical (unpaired) electrons. The molecule has 0 aliphatic rings. The van der Waals surface area contributed by atoms with E-state index < -0.39 is 47.9 Å². The van der Waals surface area contributed by atoms with Crippen LogP contribution in [0.5, 0.6) is 0 Å². The van der Waals surface area contributed by atoms with E-state index in [-0.39, 0.29) is 24.3 Å². The minimum atomic E-state index is -1.26. The molecule has 2 aromatic heterocycles. The van der Waals surface area contributed by atoms with Crippen LogP contribution in [0.2, 0.25) is 0 Å². The Labute approximate surface area is 223 Å². The number of hydrogen-bond donors (Lipinski definition) is 9. The molecule has 2 heterocycles. The highest BCUT2D eigenvalue weighted by Crippen LogP contribution is 2.18. The van der Waals surface area contributed by atoms with Crippen molar-refractivity contribution in [3.63, 3.8) is 0 Å². The number of fused-ring (bicyclic) bond motifs is 1. The first-order valence-electron chi connectivity index (χ1n) is 11.4. The van der Waals surface area contributed by atoms with Crippen LogP contribution in [0.25, 0.3) is 10.9 Å². The summed E-state index contributed by atoms with van der Waals surface area (Å²) in [7, 11) is 0. The summed E-state index contributed by atoms with van der Waals surface area (Å²) >= 11 is 8.02. The Morgan fingerprint density at radius 2 is 1.57 bits per heavy atom. The number of benzene rings is 1. The van der Waals surface area contributed by atoms with E-state index in [0.717, 1.165) is 16.5 Å². The number of aliphatic carboxylic acids is 1. The number of carbonyl (C=O) groups is 4. The Morgan fingerprint density at radius 1 is 0.919 bits per heavy atom. The van der Waals surface area contributed by atoms with E-state index in [2.05, 4.69) is 56.2 Å². The van der Waals surface area contributed by atoms with Gasteiger partial charge in [0.05, 0.1) is 12.4 Å². The molecule has 0 saturated carbocycles. The summed E-state index contributed by atoms with van der Waals surface area (Å²) in [6.07, 6.45) is 5.01. The second kappa shape index (κ2) is 13.2. The number of rotatable bonds is 13. The summed E-state index contributed by atoms with van der Waals surface area (Å²) < 4.78 is 0. The summed E-state index contributed by atoms with van der Waals surface area (Å²) in [5.41, 5.74) is 8.52. The van der Waals surface area contributed by atoms with Crippen LogP contribution < -0.4 is 21.7 Å². The SMILES string of the molecule is NC(Cc1c[nH]c2ccccc12)C(=O)NC(Cc1cnc[nH]1)C(=O)NC(CS)C(=O)NC(CS)C(=O)O. The van der Waals surface area contributed by atoms with E-state index in [1.807, 2.05) is 24.3 Å². The minimum absolute atomic E-state index is 0.0483. The third kappa shape index (κ3) is 7.50. The lowest BCUT2D eigenvalue weighted by molar-refractivity contribution is -0.141. The fraction of sp³-hybridized carbons (Fsp3) is 0.348. The first-order valence-corrected chi connectivity index (χ1v) is 12.6. The summed E-state index contributed by atoms with van der Waals surface area (Å²) in [6.45, 7) is 0. The van der Waals surface area contributed by atoms with Gasteiger partial charge in [0.2, 0.25) is 17.7 Å². The standard InChI is InChI=1S/C23H29N7O5S2/c24-15(5-12-7-26-16-4-2-1-3-14(12)16)20(31)28-17(6-13-8-25-11-27-13)21(32)29-18(9-36)22(33)30-19(10-37)23(34)35/h1-4,7-8,11,15,17-19,26,36-37H,5-6,9-10,24H2,(H,25,27)(H,28,31)(H,29,32)(H,30,33)(H,34,35). The number of hydrogen-bond acceptors (Lipinski definition) is 8. The molecule has 1 aromatic carbocycles. The van der Waals surface area contributed by atoms with Crippen molar-refractivity contribution >= 4 is 59.9 Å². The molecule has 0 aliphatic heterocycles. The van der Waals surface area contributed by atoms with Gasteiger partial charge in [-0.3, -0.25) is 14.4 Å². The van der Waals surface area contributed by atoms with E-state index in [1.165, 1.54) is 12.5 Å². The number of carboxylic acid groups (broad SMARTS) is 1. The molecule has 0 spiro atoms. The van der Waals surface area contributed by atoms with Gasteiger partial charge in [-0.15, -0.1) is 0 Å². The maximum atomic E-state index is 13.1. The van der Waals surface area contributed by atoms with Gasteiger partial charge in [0.25, 0.3) is 0 Å². The van der Waals surface area contributed by atoms with Crippen molar-refractivity contribution in [2.45, 2.75) is 37.0 Å². The molecule has 3 aromatic rings. The van der Waals surface area contributed by atoms with Crippen molar-refractivity contribution in [1.82, 2.24) is 30.9 Å². The second-order valence-electron chi connectivity index (χ2n) is 8.34. The summed E-state index contributed by atoms with van der Waals surface area (Å²) in [6, 6.07) is 3.18. The van der Waals surface area contributed by atoms with Crippen LogP contribution in [0.4, 0.5) is 0 Å². The van der Waals surface area contributed by atoms with E-state index >= 15 is 0 Å². The molecule has 0 bridgehead atoms. The molecule has 4 atom stereocenters.